The molecule has 0 bridgehead atoms. The van der Waals surface area contributed by atoms with Gasteiger partial charge >= 0.3 is 0 Å². The fraction of sp³-hybridized carbons (Fsp3) is 0.708. The Morgan fingerprint density at radius 1 is 0.741 bits per heavy atom. The number of rotatable bonds is 18. The van der Waals surface area contributed by atoms with Crippen LogP contribution in [0.2, 0.25) is 0 Å². The highest BCUT2D eigenvalue weighted by Gasteiger charge is 2.00. The summed E-state index contributed by atoms with van der Waals surface area (Å²) in [6.45, 7) is 2.28. The number of thioether (sulfide) groups is 1. The maximum Gasteiger partial charge on any atom is 0.248 e. The SMILES string of the molecule is CCCCCCCCCCCCCCCCSCc1ccc(C(N)=O)cc1. The first-order valence-electron chi connectivity index (χ1n) is 11.2. The van der Waals surface area contributed by atoms with E-state index in [0.717, 1.165) is 5.75 Å². The third kappa shape index (κ3) is 13.8. The van der Waals surface area contributed by atoms with E-state index in [-0.39, 0.29) is 5.91 Å². The van der Waals surface area contributed by atoms with Crippen molar-refractivity contribution in [1.29, 1.82) is 0 Å². The Kier molecular flexibility index (Phi) is 15.3. The molecule has 0 fully saturated rings. The van der Waals surface area contributed by atoms with Crippen molar-refractivity contribution in [2.45, 2.75) is 103 Å². The number of carbonyl (C=O) groups is 1. The Morgan fingerprint density at radius 3 is 1.63 bits per heavy atom. The number of amides is 1. The highest BCUT2D eigenvalue weighted by molar-refractivity contribution is 7.98. The molecule has 0 aliphatic heterocycles. The average molecular weight is 392 g/mol. The molecule has 2 nitrogen and oxygen atoms in total. The minimum atomic E-state index is -0.350. The third-order valence-electron chi connectivity index (χ3n) is 5.15. The molecule has 0 radical (unpaired) electrons. The molecular weight excluding hydrogens is 350 g/mol. The summed E-state index contributed by atoms with van der Waals surface area (Å²) >= 11 is 1.99. The molecule has 1 amide bonds. The van der Waals surface area contributed by atoms with Gasteiger partial charge in [-0.25, -0.2) is 0 Å². The molecule has 0 aromatic heterocycles. The van der Waals surface area contributed by atoms with Gasteiger partial charge < -0.3 is 5.73 Å². The number of nitrogens with two attached hydrogens (primary N) is 1. The van der Waals surface area contributed by atoms with Crippen LogP contribution in [0.5, 0.6) is 0 Å². The Labute approximate surface area is 172 Å². The van der Waals surface area contributed by atoms with Gasteiger partial charge in [-0.2, -0.15) is 11.8 Å². The number of hydrogen-bond donors (Lipinski definition) is 1. The largest absolute Gasteiger partial charge is 0.366 e. The van der Waals surface area contributed by atoms with Crippen LogP contribution in [0.1, 0.15) is 113 Å². The van der Waals surface area contributed by atoms with E-state index < -0.39 is 0 Å². The third-order valence-corrected chi connectivity index (χ3v) is 6.26. The molecule has 154 valence electrons. The monoisotopic (exact) mass is 391 g/mol. The normalized spacial score (nSPS) is 11.0. The average Bonchev–Trinajstić information content (AvgIpc) is 2.68. The summed E-state index contributed by atoms with van der Waals surface area (Å²) < 4.78 is 0. The smallest absolute Gasteiger partial charge is 0.248 e. The van der Waals surface area contributed by atoms with E-state index in [9.17, 15) is 4.79 Å². The lowest BCUT2D eigenvalue weighted by Crippen LogP contribution is -2.10. The van der Waals surface area contributed by atoms with Crippen LogP contribution >= 0.6 is 11.8 Å². The molecular formula is C24H41NOS. The van der Waals surface area contributed by atoms with Gasteiger partial charge in [-0.3, -0.25) is 4.79 Å². The highest BCUT2D eigenvalue weighted by atomic mass is 32.2. The second-order valence-electron chi connectivity index (χ2n) is 7.71. The Hall–Kier alpha value is -0.960. The summed E-state index contributed by atoms with van der Waals surface area (Å²) in [5.41, 5.74) is 7.13. The number of hydrogen-bond acceptors (Lipinski definition) is 2. The summed E-state index contributed by atoms with van der Waals surface area (Å²) in [4.78, 5) is 11.0. The molecule has 1 rings (SSSR count). The van der Waals surface area contributed by atoms with E-state index >= 15 is 0 Å². The number of unbranched alkanes of at least 4 members (excludes halogenated alkanes) is 13. The molecule has 0 aliphatic rings. The predicted octanol–water partition coefficient (Wildman–Crippen LogP) is 7.50. The van der Waals surface area contributed by atoms with E-state index in [1.807, 2.05) is 36.0 Å². The van der Waals surface area contributed by atoms with E-state index in [4.69, 9.17) is 5.73 Å². The van der Waals surface area contributed by atoms with Crippen LogP contribution in [0.4, 0.5) is 0 Å². The zero-order chi connectivity index (χ0) is 19.6. The van der Waals surface area contributed by atoms with Crippen molar-refractivity contribution < 1.29 is 4.79 Å². The van der Waals surface area contributed by atoms with Crippen molar-refractivity contribution in [3.05, 3.63) is 35.4 Å². The molecule has 0 atom stereocenters. The van der Waals surface area contributed by atoms with Crippen molar-refractivity contribution in [2.75, 3.05) is 5.75 Å². The Morgan fingerprint density at radius 2 is 1.19 bits per heavy atom. The molecule has 1 aromatic carbocycles. The number of benzene rings is 1. The van der Waals surface area contributed by atoms with Crippen LogP contribution in [0.25, 0.3) is 0 Å². The van der Waals surface area contributed by atoms with Crippen LogP contribution < -0.4 is 5.73 Å². The van der Waals surface area contributed by atoms with Gasteiger partial charge in [0.05, 0.1) is 0 Å². The lowest BCUT2D eigenvalue weighted by molar-refractivity contribution is 0.100. The number of carbonyl (C=O) groups excluding carboxylic acids is 1. The van der Waals surface area contributed by atoms with Crippen molar-refractivity contribution in [3.8, 4) is 0 Å². The van der Waals surface area contributed by atoms with Gasteiger partial charge in [0.1, 0.15) is 0 Å². The molecule has 0 aliphatic carbocycles. The summed E-state index contributed by atoms with van der Waals surface area (Å²) in [6.07, 6.45) is 19.8. The van der Waals surface area contributed by atoms with Crippen LogP contribution in [0.3, 0.4) is 0 Å². The fourth-order valence-corrected chi connectivity index (χ4v) is 4.33. The van der Waals surface area contributed by atoms with Gasteiger partial charge in [-0.15, -0.1) is 0 Å². The molecule has 2 N–H and O–H groups in total. The van der Waals surface area contributed by atoms with Crippen molar-refractivity contribution in [1.82, 2.24) is 0 Å². The van der Waals surface area contributed by atoms with Crippen LogP contribution in [0, 0.1) is 0 Å². The van der Waals surface area contributed by atoms with E-state index in [0.29, 0.717) is 5.56 Å². The van der Waals surface area contributed by atoms with Gasteiger partial charge in [0, 0.05) is 11.3 Å². The summed E-state index contributed by atoms with van der Waals surface area (Å²) in [5, 5.41) is 0. The van der Waals surface area contributed by atoms with Gasteiger partial charge in [-0.05, 0) is 29.9 Å². The molecule has 0 saturated heterocycles. The molecule has 1 aromatic rings. The maximum absolute atomic E-state index is 11.0. The second-order valence-corrected chi connectivity index (χ2v) is 8.82. The Bertz CT molecular complexity index is 472. The first-order chi connectivity index (χ1) is 13.2. The van der Waals surface area contributed by atoms with Crippen molar-refractivity contribution in [2.24, 2.45) is 5.73 Å². The summed E-state index contributed by atoms with van der Waals surface area (Å²) in [7, 11) is 0. The topological polar surface area (TPSA) is 43.1 Å². The minimum absolute atomic E-state index is 0.350. The summed E-state index contributed by atoms with van der Waals surface area (Å²) in [6, 6.07) is 7.67. The first-order valence-corrected chi connectivity index (χ1v) is 12.4. The lowest BCUT2D eigenvalue weighted by atomic mass is 10.0. The quantitative estimate of drug-likeness (QED) is 0.263. The number of primary amides is 1. The van der Waals surface area contributed by atoms with Crippen molar-refractivity contribution in [3.63, 3.8) is 0 Å². The zero-order valence-corrected chi connectivity index (χ0v) is 18.3. The van der Waals surface area contributed by atoms with Gasteiger partial charge in [0.15, 0.2) is 0 Å². The standard InChI is InChI=1S/C24H41NOS/c1-2-3-4-5-6-7-8-9-10-11-12-13-14-15-20-27-21-22-16-18-23(19-17-22)24(25)26/h16-19H,2-15,20-21H2,1H3,(H2,25,26). The maximum atomic E-state index is 11.0. The highest BCUT2D eigenvalue weighted by Crippen LogP contribution is 2.17. The molecule has 0 unspecified atom stereocenters. The first kappa shape index (κ1) is 24.1. The summed E-state index contributed by atoms with van der Waals surface area (Å²) in [5.74, 6) is 1.91. The van der Waals surface area contributed by atoms with Crippen LogP contribution in [0.15, 0.2) is 24.3 Å². The van der Waals surface area contributed by atoms with Gasteiger partial charge in [-0.1, -0.05) is 103 Å². The Balaban J connectivity index is 1.81. The van der Waals surface area contributed by atoms with Crippen LogP contribution in [-0.2, 0) is 5.75 Å². The molecule has 27 heavy (non-hydrogen) atoms. The molecule has 3 heteroatoms. The molecule has 0 saturated carbocycles. The lowest BCUT2D eigenvalue weighted by Gasteiger charge is -2.04. The predicted molar refractivity (Wildman–Crippen MR) is 121 cm³/mol. The molecule has 0 heterocycles. The van der Waals surface area contributed by atoms with E-state index in [1.165, 1.54) is 101 Å². The molecule has 0 spiro atoms. The van der Waals surface area contributed by atoms with E-state index in [2.05, 4.69) is 6.92 Å². The van der Waals surface area contributed by atoms with E-state index in [1.54, 1.807) is 0 Å². The van der Waals surface area contributed by atoms with Gasteiger partial charge in [0.2, 0.25) is 5.91 Å². The zero-order valence-electron chi connectivity index (χ0n) is 17.5. The van der Waals surface area contributed by atoms with Gasteiger partial charge in [0.25, 0.3) is 0 Å². The van der Waals surface area contributed by atoms with Crippen LogP contribution in [-0.4, -0.2) is 11.7 Å². The van der Waals surface area contributed by atoms with Crippen molar-refractivity contribution >= 4 is 17.7 Å². The minimum Gasteiger partial charge on any atom is -0.366 e. The second kappa shape index (κ2) is 17.2. The fourth-order valence-electron chi connectivity index (χ4n) is 3.35.